The summed E-state index contributed by atoms with van der Waals surface area (Å²) in [6.07, 6.45) is 3.64. The third-order valence-electron chi connectivity index (χ3n) is 1.62. The van der Waals surface area contributed by atoms with Gasteiger partial charge in [0.15, 0.2) is 0 Å². The summed E-state index contributed by atoms with van der Waals surface area (Å²) in [5, 5.41) is 5.08. The minimum Gasteiger partial charge on any atom is -0.466 e. The number of carbonyl (C=O) groups excluding carboxylic acids is 2. The molecule has 0 spiro atoms. The van der Waals surface area contributed by atoms with Gasteiger partial charge in [-0.3, -0.25) is 4.79 Å². The second kappa shape index (κ2) is 8.76. The lowest BCUT2D eigenvalue weighted by molar-refractivity contribution is -0.142. The number of hydrogen-bond acceptors (Lipinski definition) is 3. The van der Waals surface area contributed by atoms with E-state index < -0.39 is 0 Å². The van der Waals surface area contributed by atoms with Crippen LogP contribution in [0.1, 0.15) is 27.2 Å². The van der Waals surface area contributed by atoms with Gasteiger partial charge in [0.2, 0.25) is 0 Å². The Morgan fingerprint density at radius 2 is 2.06 bits per heavy atom. The molecule has 0 radical (unpaired) electrons. The van der Waals surface area contributed by atoms with Gasteiger partial charge in [-0.25, -0.2) is 4.79 Å². The zero-order valence-electron chi connectivity index (χ0n) is 10.1. The van der Waals surface area contributed by atoms with Crippen molar-refractivity contribution in [3.05, 3.63) is 12.3 Å². The molecule has 5 nitrogen and oxygen atoms in total. The zero-order valence-corrected chi connectivity index (χ0v) is 10.1. The Morgan fingerprint density at radius 1 is 1.38 bits per heavy atom. The van der Waals surface area contributed by atoms with Gasteiger partial charge in [0.25, 0.3) is 0 Å². The number of rotatable bonds is 6. The average Bonchev–Trinajstić information content (AvgIpc) is 2.17. The van der Waals surface area contributed by atoms with Crippen molar-refractivity contribution >= 4 is 12.0 Å². The number of allylic oxidation sites excluding steroid dienone is 1. The number of amides is 2. The molecule has 0 saturated carbocycles. The van der Waals surface area contributed by atoms with Crippen molar-refractivity contribution in [1.29, 1.82) is 0 Å². The molecule has 5 heteroatoms. The molecule has 0 atom stereocenters. The van der Waals surface area contributed by atoms with Crippen LogP contribution < -0.4 is 10.6 Å². The van der Waals surface area contributed by atoms with Crippen molar-refractivity contribution in [2.24, 2.45) is 5.92 Å². The van der Waals surface area contributed by atoms with Gasteiger partial charge in [0.05, 0.1) is 13.0 Å². The first-order chi connectivity index (χ1) is 7.56. The van der Waals surface area contributed by atoms with E-state index in [0.29, 0.717) is 12.5 Å². The first-order valence-electron chi connectivity index (χ1n) is 5.43. The summed E-state index contributed by atoms with van der Waals surface area (Å²) in [5.41, 5.74) is 0. The molecule has 0 rings (SSSR count). The topological polar surface area (TPSA) is 67.4 Å². The molecule has 0 aliphatic heterocycles. The maximum absolute atomic E-state index is 11.1. The minimum atomic E-state index is -0.318. The van der Waals surface area contributed by atoms with Gasteiger partial charge in [-0.05, 0) is 12.8 Å². The van der Waals surface area contributed by atoms with Crippen LogP contribution in [-0.2, 0) is 9.53 Å². The molecular formula is C11H20N2O3. The number of ether oxygens (including phenoxy) is 1. The molecule has 0 aliphatic carbocycles. The predicted octanol–water partition coefficient (Wildman–Crippen LogP) is 1.41. The fourth-order valence-corrected chi connectivity index (χ4v) is 0.879. The van der Waals surface area contributed by atoms with Crippen LogP contribution in [0.5, 0.6) is 0 Å². The van der Waals surface area contributed by atoms with E-state index in [2.05, 4.69) is 10.6 Å². The Morgan fingerprint density at radius 3 is 2.62 bits per heavy atom. The van der Waals surface area contributed by atoms with Crippen molar-refractivity contribution in [1.82, 2.24) is 10.6 Å². The lowest BCUT2D eigenvalue weighted by Crippen LogP contribution is -2.33. The van der Waals surface area contributed by atoms with Gasteiger partial charge in [-0.15, -0.1) is 0 Å². The van der Waals surface area contributed by atoms with Gasteiger partial charge in [-0.1, -0.05) is 19.9 Å². The normalized spacial score (nSPS) is 10.5. The van der Waals surface area contributed by atoms with Crippen LogP contribution >= 0.6 is 0 Å². The molecule has 0 fully saturated rings. The molecule has 0 aromatic rings. The molecule has 16 heavy (non-hydrogen) atoms. The van der Waals surface area contributed by atoms with E-state index in [4.69, 9.17) is 4.74 Å². The Kier molecular flexibility index (Phi) is 7.93. The van der Waals surface area contributed by atoms with Crippen LogP contribution in [0.15, 0.2) is 12.3 Å². The van der Waals surface area contributed by atoms with Gasteiger partial charge in [-0.2, -0.15) is 0 Å². The van der Waals surface area contributed by atoms with E-state index in [1.54, 1.807) is 13.1 Å². The SMILES string of the molecule is CCOC(=O)CCNC(=O)N/C=C/C(C)C. The molecule has 0 heterocycles. The molecule has 2 amide bonds. The summed E-state index contributed by atoms with van der Waals surface area (Å²) in [7, 11) is 0. The third-order valence-corrected chi connectivity index (χ3v) is 1.62. The molecule has 0 bridgehead atoms. The number of esters is 1. The summed E-state index contributed by atoms with van der Waals surface area (Å²) in [5.74, 6) is 0.0837. The first kappa shape index (κ1) is 14.5. The zero-order chi connectivity index (χ0) is 12.4. The number of hydrogen-bond donors (Lipinski definition) is 2. The lowest BCUT2D eigenvalue weighted by atomic mass is 10.2. The fourth-order valence-electron chi connectivity index (χ4n) is 0.879. The highest BCUT2D eigenvalue weighted by atomic mass is 16.5. The van der Waals surface area contributed by atoms with Gasteiger partial charge < -0.3 is 15.4 Å². The minimum absolute atomic E-state index is 0.190. The van der Waals surface area contributed by atoms with E-state index in [9.17, 15) is 9.59 Å². The summed E-state index contributed by atoms with van der Waals surface area (Å²) in [4.78, 5) is 22.1. The van der Waals surface area contributed by atoms with Crippen molar-refractivity contribution in [3.63, 3.8) is 0 Å². The maximum atomic E-state index is 11.1. The molecule has 0 aromatic heterocycles. The van der Waals surface area contributed by atoms with E-state index in [-0.39, 0.29) is 25.0 Å². The summed E-state index contributed by atoms with van der Waals surface area (Å²) in [6.45, 7) is 6.41. The second-order valence-corrected chi connectivity index (χ2v) is 3.56. The van der Waals surface area contributed by atoms with Crippen LogP contribution in [0.25, 0.3) is 0 Å². The molecule has 0 aliphatic rings. The Labute approximate surface area is 96.2 Å². The van der Waals surface area contributed by atoms with E-state index in [1.807, 2.05) is 19.9 Å². The Balaban J connectivity index is 3.55. The lowest BCUT2D eigenvalue weighted by Gasteiger charge is -2.04. The second-order valence-electron chi connectivity index (χ2n) is 3.56. The van der Waals surface area contributed by atoms with Crippen LogP contribution in [0, 0.1) is 5.92 Å². The van der Waals surface area contributed by atoms with Crippen molar-refractivity contribution in [3.8, 4) is 0 Å². The number of nitrogens with one attached hydrogen (secondary N) is 2. The van der Waals surface area contributed by atoms with Crippen molar-refractivity contribution < 1.29 is 14.3 Å². The average molecular weight is 228 g/mol. The standard InChI is InChI=1S/C11H20N2O3/c1-4-16-10(14)6-8-13-11(15)12-7-5-9(2)3/h5,7,9H,4,6,8H2,1-3H3,(H2,12,13,15)/b7-5+. The third kappa shape index (κ3) is 9.05. The predicted molar refractivity (Wildman–Crippen MR) is 61.8 cm³/mol. The summed E-state index contributed by atoms with van der Waals surface area (Å²) < 4.78 is 4.71. The largest absolute Gasteiger partial charge is 0.466 e. The van der Waals surface area contributed by atoms with E-state index >= 15 is 0 Å². The number of urea groups is 1. The van der Waals surface area contributed by atoms with Gasteiger partial charge in [0.1, 0.15) is 0 Å². The van der Waals surface area contributed by atoms with Crippen LogP contribution in [0.3, 0.4) is 0 Å². The van der Waals surface area contributed by atoms with Crippen LogP contribution in [0.2, 0.25) is 0 Å². The Bertz CT molecular complexity index is 250. The highest BCUT2D eigenvalue weighted by Crippen LogP contribution is 1.90. The number of carbonyl (C=O) groups is 2. The van der Waals surface area contributed by atoms with Crippen LogP contribution in [0.4, 0.5) is 4.79 Å². The van der Waals surface area contributed by atoms with E-state index in [1.165, 1.54) is 0 Å². The van der Waals surface area contributed by atoms with Crippen LogP contribution in [-0.4, -0.2) is 25.2 Å². The first-order valence-corrected chi connectivity index (χ1v) is 5.43. The summed E-state index contributed by atoms with van der Waals surface area (Å²) in [6, 6.07) is -0.318. The monoisotopic (exact) mass is 228 g/mol. The molecule has 0 aromatic carbocycles. The molecule has 0 saturated heterocycles. The highest BCUT2D eigenvalue weighted by Gasteiger charge is 2.02. The van der Waals surface area contributed by atoms with Gasteiger partial charge >= 0.3 is 12.0 Å². The Hall–Kier alpha value is -1.52. The smallest absolute Gasteiger partial charge is 0.318 e. The van der Waals surface area contributed by atoms with Crippen molar-refractivity contribution in [2.45, 2.75) is 27.2 Å². The molecule has 92 valence electrons. The van der Waals surface area contributed by atoms with Gasteiger partial charge in [0, 0.05) is 12.7 Å². The van der Waals surface area contributed by atoms with E-state index in [0.717, 1.165) is 0 Å². The highest BCUT2D eigenvalue weighted by molar-refractivity contribution is 5.76. The fraction of sp³-hybridized carbons (Fsp3) is 0.636. The van der Waals surface area contributed by atoms with Crippen molar-refractivity contribution in [2.75, 3.05) is 13.2 Å². The quantitative estimate of drug-likeness (QED) is 0.675. The molecule has 2 N–H and O–H groups in total. The molecule has 0 unspecified atom stereocenters. The summed E-state index contributed by atoms with van der Waals surface area (Å²) >= 11 is 0. The molecular weight excluding hydrogens is 208 g/mol. The maximum Gasteiger partial charge on any atom is 0.318 e.